The first kappa shape index (κ1) is 21.4. The first-order valence-electron chi connectivity index (χ1n) is 10.9. The van der Waals surface area contributed by atoms with Gasteiger partial charge in [-0.25, -0.2) is 0 Å². The van der Waals surface area contributed by atoms with Gasteiger partial charge in [-0.05, 0) is 29.3 Å². The molecule has 0 saturated carbocycles. The number of aromatic nitrogens is 2. The molecule has 2 aromatic heterocycles. The second kappa shape index (κ2) is 10.00. The molecule has 0 bridgehead atoms. The summed E-state index contributed by atoms with van der Waals surface area (Å²) in [7, 11) is 0. The number of aryl methyl sites for hydroxylation is 1. The first-order chi connectivity index (χ1) is 14.6. The van der Waals surface area contributed by atoms with Crippen molar-refractivity contribution < 1.29 is 9.32 Å². The van der Waals surface area contributed by atoms with Crippen LogP contribution in [0.2, 0.25) is 0 Å². The van der Waals surface area contributed by atoms with E-state index in [1.807, 2.05) is 11.8 Å². The largest absolute Gasteiger partial charge is 0.339 e. The molecule has 2 aliphatic heterocycles. The fourth-order valence-corrected chi connectivity index (χ4v) is 4.79. The van der Waals surface area contributed by atoms with Crippen LogP contribution in [0, 0.1) is 0 Å². The molecule has 2 aromatic rings. The molecule has 0 radical (unpaired) electrons. The predicted octanol–water partition coefficient (Wildman–Crippen LogP) is 1.72. The van der Waals surface area contributed by atoms with Gasteiger partial charge in [-0.15, -0.1) is 0 Å². The quantitative estimate of drug-likeness (QED) is 0.660. The lowest BCUT2D eigenvalue weighted by atomic mass is 10.2. The molecule has 2 fully saturated rings. The van der Waals surface area contributed by atoms with E-state index >= 15 is 0 Å². The Morgan fingerprint density at radius 2 is 1.87 bits per heavy atom. The molecule has 1 atom stereocenters. The standard InChI is InChI=1S/C21H32N6O2S/c1-3-19-22-21(29-23-19)17(2)26-9-5-25(6-10-26)15-20(28)27-11-7-24(8-12-27)14-18-4-13-30-16-18/h4,13,16-17H,3,5-12,14-15H2,1-2H3. The number of carbonyl (C=O) groups excluding carboxylic acids is 1. The molecule has 30 heavy (non-hydrogen) atoms. The number of amides is 1. The van der Waals surface area contributed by atoms with Crippen molar-refractivity contribution in [2.45, 2.75) is 32.9 Å². The predicted molar refractivity (Wildman–Crippen MR) is 116 cm³/mol. The molecular formula is C21H32N6O2S. The minimum absolute atomic E-state index is 0.118. The van der Waals surface area contributed by atoms with Gasteiger partial charge in [0.25, 0.3) is 0 Å². The third-order valence-electron chi connectivity index (χ3n) is 6.18. The molecule has 0 spiro atoms. The molecule has 1 unspecified atom stereocenters. The van der Waals surface area contributed by atoms with Gasteiger partial charge in [0, 0.05) is 65.3 Å². The minimum Gasteiger partial charge on any atom is -0.339 e. The molecule has 4 rings (SSSR count). The first-order valence-corrected chi connectivity index (χ1v) is 11.9. The highest BCUT2D eigenvalue weighted by Crippen LogP contribution is 2.20. The van der Waals surface area contributed by atoms with Gasteiger partial charge in [-0.3, -0.25) is 19.5 Å². The number of piperazine rings is 2. The molecule has 9 heteroatoms. The number of hydrogen-bond donors (Lipinski definition) is 0. The molecule has 164 valence electrons. The van der Waals surface area contributed by atoms with E-state index < -0.39 is 0 Å². The Balaban J connectivity index is 1.18. The topological polar surface area (TPSA) is 69.0 Å². The average molecular weight is 433 g/mol. The normalized spacial score (nSPS) is 20.5. The minimum atomic E-state index is 0.118. The Hall–Kier alpha value is -1.81. The highest BCUT2D eigenvalue weighted by Gasteiger charge is 2.28. The van der Waals surface area contributed by atoms with Crippen molar-refractivity contribution in [1.29, 1.82) is 0 Å². The summed E-state index contributed by atoms with van der Waals surface area (Å²) in [4.78, 5) is 26.3. The molecule has 2 saturated heterocycles. The molecule has 8 nitrogen and oxygen atoms in total. The summed E-state index contributed by atoms with van der Waals surface area (Å²) in [5, 5.41) is 8.34. The number of hydrogen-bond acceptors (Lipinski definition) is 8. The van der Waals surface area contributed by atoms with Gasteiger partial charge < -0.3 is 9.42 Å². The summed E-state index contributed by atoms with van der Waals surface area (Å²) in [5.41, 5.74) is 1.37. The second-order valence-electron chi connectivity index (χ2n) is 8.18. The van der Waals surface area contributed by atoms with Crippen LogP contribution in [-0.4, -0.2) is 94.6 Å². The molecular weight excluding hydrogens is 400 g/mol. The molecule has 2 aliphatic rings. The number of carbonyl (C=O) groups is 1. The smallest absolute Gasteiger partial charge is 0.243 e. The van der Waals surface area contributed by atoms with Crippen LogP contribution in [0.1, 0.15) is 37.2 Å². The van der Waals surface area contributed by atoms with E-state index in [4.69, 9.17) is 4.52 Å². The van der Waals surface area contributed by atoms with Crippen LogP contribution in [0.15, 0.2) is 21.3 Å². The average Bonchev–Trinajstić information content (AvgIpc) is 3.46. The highest BCUT2D eigenvalue weighted by molar-refractivity contribution is 7.07. The van der Waals surface area contributed by atoms with Gasteiger partial charge in [0.1, 0.15) is 0 Å². The Morgan fingerprint density at radius 1 is 1.13 bits per heavy atom. The van der Waals surface area contributed by atoms with E-state index in [2.05, 4.69) is 48.6 Å². The SMILES string of the molecule is CCc1noc(C(C)N2CCN(CC(=O)N3CCN(Cc4ccsc4)CC3)CC2)n1. The zero-order valence-electron chi connectivity index (χ0n) is 18.0. The van der Waals surface area contributed by atoms with Crippen LogP contribution in [0.25, 0.3) is 0 Å². The van der Waals surface area contributed by atoms with Crippen molar-refractivity contribution in [1.82, 2.24) is 29.7 Å². The third kappa shape index (κ3) is 5.26. The number of rotatable bonds is 7. The Morgan fingerprint density at radius 3 is 2.50 bits per heavy atom. The van der Waals surface area contributed by atoms with Gasteiger partial charge >= 0.3 is 0 Å². The van der Waals surface area contributed by atoms with Gasteiger partial charge in [-0.2, -0.15) is 16.3 Å². The Bertz CT molecular complexity index is 794. The van der Waals surface area contributed by atoms with Gasteiger partial charge in [0.15, 0.2) is 5.82 Å². The maximum absolute atomic E-state index is 12.8. The van der Waals surface area contributed by atoms with Crippen molar-refractivity contribution in [3.63, 3.8) is 0 Å². The van der Waals surface area contributed by atoms with Crippen molar-refractivity contribution in [2.75, 3.05) is 58.9 Å². The van der Waals surface area contributed by atoms with Crippen molar-refractivity contribution in [3.05, 3.63) is 34.1 Å². The fraction of sp³-hybridized carbons (Fsp3) is 0.667. The summed E-state index contributed by atoms with van der Waals surface area (Å²) in [6, 6.07) is 2.30. The lowest BCUT2D eigenvalue weighted by Gasteiger charge is -2.39. The van der Waals surface area contributed by atoms with E-state index in [-0.39, 0.29) is 11.9 Å². The lowest BCUT2D eigenvalue weighted by Crippen LogP contribution is -2.53. The van der Waals surface area contributed by atoms with E-state index in [0.29, 0.717) is 12.4 Å². The van der Waals surface area contributed by atoms with Crippen molar-refractivity contribution >= 4 is 17.2 Å². The van der Waals surface area contributed by atoms with Crippen LogP contribution in [0.5, 0.6) is 0 Å². The Kier molecular flexibility index (Phi) is 7.14. The molecule has 1 amide bonds. The zero-order chi connectivity index (χ0) is 20.9. The summed E-state index contributed by atoms with van der Waals surface area (Å²) in [6.45, 7) is 12.8. The van der Waals surface area contributed by atoms with E-state index in [0.717, 1.165) is 71.1 Å². The lowest BCUT2D eigenvalue weighted by molar-refractivity contribution is -0.134. The second-order valence-corrected chi connectivity index (χ2v) is 8.96. The van der Waals surface area contributed by atoms with E-state index in [1.165, 1.54) is 5.56 Å². The number of nitrogens with zero attached hydrogens (tertiary/aromatic N) is 6. The maximum atomic E-state index is 12.8. The Labute approximate surface area is 182 Å². The highest BCUT2D eigenvalue weighted by atomic mass is 32.1. The fourth-order valence-electron chi connectivity index (χ4n) is 4.13. The summed E-state index contributed by atoms with van der Waals surface area (Å²) in [6.07, 6.45) is 0.786. The van der Waals surface area contributed by atoms with E-state index in [9.17, 15) is 4.79 Å². The van der Waals surface area contributed by atoms with Gasteiger partial charge in [0.2, 0.25) is 11.8 Å². The molecule has 0 N–H and O–H groups in total. The van der Waals surface area contributed by atoms with E-state index in [1.54, 1.807) is 11.3 Å². The van der Waals surface area contributed by atoms with Gasteiger partial charge in [-0.1, -0.05) is 12.1 Å². The van der Waals surface area contributed by atoms with Crippen LogP contribution >= 0.6 is 11.3 Å². The zero-order valence-corrected chi connectivity index (χ0v) is 18.8. The van der Waals surface area contributed by atoms with Gasteiger partial charge in [0.05, 0.1) is 12.6 Å². The van der Waals surface area contributed by atoms with Crippen LogP contribution < -0.4 is 0 Å². The molecule has 0 aliphatic carbocycles. The summed E-state index contributed by atoms with van der Waals surface area (Å²) in [5.74, 6) is 1.71. The maximum Gasteiger partial charge on any atom is 0.243 e. The van der Waals surface area contributed by atoms with Crippen molar-refractivity contribution in [2.24, 2.45) is 0 Å². The number of thiophene rings is 1. The van der Waals surface area contributed by atoms with Crippen LogP contribution in [-0.2, 0) is 17.8 Å². The van der Waals surface area contributed by atoms with Crippen LogP contribution in [0.3, 0.4) is 0 Å². The third-order valence-corrected chi connectivity index (χ3v) is 6.91. The molecule has 0 aromatic carbocycles. The monoisotopic (exact) mass is 432 g/mol. The summed E-state index contributed by atoms with van der Waals surface area (Å²) >= 11 is 1.74. The summed E-state index contributed by atoms with van der Waals surface area (Å²) < 4.78 is 5.40. The molecule has 4 heterocycles. The van der Waals surface area contributed by atoms with Crippen LogP contribution in [0.4, 0.5) is 0 Å². The van der Waals surface area contributed by atoms with Crippen molar-refractivity contribution in [3.8, 4) is 0 Å².